The molecule has 3 aliphatic rings. The average molecular weight is 402 g/mol. The fourth-order valence-corrected chi connectivity index (χ4v) is 6.26. The number of fused-ring (bicyclic) bond motifs is 5. The molecule has 0 heterocycles. The molecule has 5 atom stereocenters. The second-order valence-corrected chi connectivity index (χ2v) is 9.61. The third-order valence-corrected chi connectivity index (χ3v) is 7.94. The van der Waals surface area contributed by atoms with E-state index in [0.717, 1.165) is 25.0 Å². The maximum absolute atomic E-state index is 11.6. The molecule has 0 aromatic heterocycles. The Morgan fingerprint density at radius 1 is 1.21 bits per heavy atom. The summed E-state index contributed by atoms with van der Waals surface area (Å²) >= 11 is 5.28. The molecule has 28 heavy (non-hydrogen) atoms. The molecule has 4 rings (SSSR count). The molecule has 4 nitrogen and oxygen atoms in total. The quantitative estimate of drug-likeness (QED) is 0.530. The predicted molar refractivity (Wildman–Crippen MR) is 114 cm³/mol. The zero-order valence-corrected chi connectivity index (χ0v) is 18.2. The van der Waals surface area contributed by atoms with Crippen molar-refractivity contribution in [3.63, 3.8) is 0 Å². The van der Waals surface area contributed by atoms with E-state index >= 15 is 0 Å². The zero-order chi connectivity index (χ0) is 20.1. The van der Waals surface area contributed by atoms with Gasteiger partial charge in [0.15, 0.2) is 0 Å². The molecule has 152 valence electrons. The van der Waals surface area contributed by atoms with E-state index in [9.17, 15) is 4.79 Å². The van der Waals surface area contributed by atoms with Crippen LogP contribution in [0.4, 0.5) is 0 Å². The molecule has 2 saturated carbocycles. The lowest BCUT2D eigenvalue weighted by Gasteiger charge is -2.50. The number of carbonyl (C=O) groups excluding carboxylic acids is 1. The minimum absolute atomic E-state index is 0.0974. The van der Waals surface area contributed by atoms with E-state index in [2.05, 4.69) is 25.1 Å². The number of ether oxygens (including phenoxy) is 2. The standard InChI is InChI=1S/C23H31NO3S/c1-14(25)26-21-10-9-20-19-7-5-15-13-16(27-22(28)24(3)4)6-8-17(15)18(19)11-12-23(20,21)2/h6,8,13,18-21H,5,7,9-12H2,1-4H3/t18-,19-,20+,21+,23-/m0/s1. The molecule has 1 aromatic carbocycles. The molecule has 2 fully saturated rings. The molecule has 0 bridgehead atoms. The molecule has 0 saturated heterocycles. The van der Waals surface area contributed by atoms with E-state index in [0.29, 0.717) is 22.9 Å². The van der Waals surface area contributed by atoms with E-state index in [4.69, 9.17) is 21.7 Å². The summed E-state index contributed by atoms with van der Waals surface area (Å²) in [6, 6.07) is 6.52. The molecule has 3 aliphatic carbocycles. The maximum atomic E-state index is 11.6. The first-order valence-electron chi connectivity index (χ1n) is 10.5. The molecule has 0 amide bonds. The summed E-state index contributed by atoms with van der Waals surface area (Å²) in [6.07, 6.45) is 6.92. The summed E-state index contributed by atoms with van der Waals surface area (Å²) in [5.41, 5.74) is 3.06. The van der Waals surface area contributed by atoms with Crippen molar-refractivity contribution in [3.8, 4) is 5.75 Å². The van der Waals surface area contributed by atoms with Crippen LogP contribution in [0.3, 0.4) is 0 Å². The van der Waals surface area contributed by atoms with Gasteiger partial charge in [-0.1, -0.05) is 13.0 Å². The van der Waals surface area contributed by atoms with Crippen molar-refractivity contribution in [1.82, 2.24) is 4.90 Å². The first kappa shape index (κ1) is 19.7. The van der Waals surface area contributed by atoms with Gasteiger partial charge in [0.25, 0.3) is 5.17 Å². The van der Waals surface area contributed by atoms with Crippen LogP contribution in [0.25, 0.3) is 0 Å². The lowest BCUT2D eigenvalue weighted by molar-refractivity contribution is -0.154. The lowest BCUT2D eigenvalue weighted by Crippen LogP contribution is -2.45. The van der Waals surface area contributed by atoms with Gasteiger partial charge in [0, 0.05) is 26.4 Å². The van der Waals surface area contributed by atoms with Gasteiger partial charge in [-0.3, -0.25) is 4.79 Å². The average Bonchev–Trinajstić information content (AvgIpc) is 2.97. The Hall–Kier alpha value is -1.62. The zero-order valence-electron chi connectivity index (χ0n) is 17.4. The summed E-state index contributed by atoms with van der Waals surface area (Å²) in [4.78, 5) is 13.4. The number of thiocarbonyl (C=S) groups is 1. The molecule has 1 aromatic rings. The molecule has 0 radical (unpaired) electrons. The molecule has 0 unspecified atom stereocenters. The summed E-state index contributed by atoms with van der Waals surface area (Å²) in [7, 11) is 3.80. The van der Waals surface area contributed by atoms with E-state index in [1.165, 1.54) is 30.4 Å². The van der Waals surface area contributed by atoms with Gasteiger partial charge < -0.3 is 14.4 Å². The lowest BCUT2D eigenvalue weighted by atomic mass is 9.55. The highest BCUT2D eigenvalue weighted by atomic mass is 32.1. The van der Waals surface area contributed by atoms with Crippen LogP contribution in [0, 0.1) is 17.3 Å². The Morgan fingerprint density at radius 2 is 2.00 bits per heavy atom. The van der Waals surface area contributed by atoms with Crippen LogP contribution in [0.15, 0.2) is 18.2 Å². The molecule has 5 heteroatoms. The predicted octanol–water partition coefficient (Wildman–Crippen LogP) is 4.70. The molecule has 0 spiro atoms. The number of esters is 1. The van der Waals surface area contributed by atoms with Crippen LogP contribution in [-0.4, -0.2) is 36.2 Å². The fraction of sp³-hybridized carbons (Fsp3) is 0.652. The highest BCUT2D eigenvalue weighted by molar-refractivity contribution is 7.80. The van der Waals surface area contributed by atoms with Gasteiger partial charge in [-0.2, -0.15) is 0 Å². The van der Waals surface area contributed by atoms with Crippen molar-refractivity contribution >= 4 is 23.4 Å². The highest BCUT2D eigenvalue weighted by Crippen LogP contribution is 2.61. The number of nitrogens with zero attached hydrogens (tertiary/aromatic N) is 1. The van der Waals surface area contributed by atoms with Gasteiger partial charge in [0.05, 0.1) is 0 Å². The highest BCUT2D eigenvalue weighted by Gasteiger charge is 2.56. The largest absolute Gasteiger partial charge is 0.462 e. The first-order valence-corrected chi connectivity index (χ1v) is 10.9. The fourth-order valence-electron chi connectivity index (χ4n) is 6.16. The van der Waals surface area contributed by atoms with E-state index in [1.807, 2.05) is 19.0 Å². The van der Waals surface area contributed by atoms with Crippen LogP contribution < -0.4 is 4.74 Å². The van der Waals surface area contributed by atoms with Crippen molar-refractivity contribution < 1.29 is 14.3 Å². The van der Waals surface area contributed by atoms with Gasteiger partial charge in [0.2, 0.25) is 0 Å². The van der Waals surface area contributed by atoms with Crippen molar-refractivity contribution in [2.75, 3.05) is 14.1 Å². The maximum Gasteiger partial charge on any atom is 0.302 e. The SMILES string of the molecule is CC(=O)O[C@@H]1CC[C@@H]2[C@H]3CCc4cc(OC(=S)N(C)C)ccc4[C@@H]3CC[C@@]21C. The van der Waals surface area contributed by atoms with Crippen LogP contribution in [0.2, 0.25) is 0 Å². The van der Waals surface area contributed by atoms with Crippen LogP contribution in [0.1, 0.15) is 63.0 Å². The van der Waals surface area contributed by atoms with E-state index in [1.54, 1.807) is 6.92 Å². The Kier molecular flexibility index (Phi) is 5.15. The third kappa shape index (κ3) is 3.32. The molecular weight excluding hydrogens is 370 g/mol. The summed E-state index contributed by atoms with van der Waals surface area (Å²) in [5, 5.41) is 0.490. The van der Waals surface area contributed by atoms with Gasteiger partial charge in [-0.05, 0) is 91.8 Å². The van der Waals surface area contributed by atoms with Crippen LogP contribution in [0.5, 0.6) is 5.75 Å². The third-order valence-electron chi connectivity index (χ3n) is 7.49. The monoisotopic (exact) mass is 401 g/mol. The Bertz CT molecular complexity index is 792. The van der Waals surface area contributed by atoms with Crippen molar-refractivity contribution in [1.29, 1.82) is 0 Å². The van der Waals surface area contributed by atoms with Gasteiger partial charge in [0.1, 0.15) is 11.9 Å². The van der Waals surface area contributed by atoms with Crippen molar-refractivity contribution in [3.05, 3.63) is 29.3 Å². The van der Waals surface area contributed by atoms with Crippen LogP contribution >= 0.6 is 12.2 Å². The smallest absolute Gasteiger partial charge is 0.302 e. The Morgan fingerprint density at radius 3 is 2.71 bits per heavy atom. The summed E-state index contributed by atoms with van der Waals surface area (Å²) < 4.78 is 11.6. The molecule has 0 N–H and O–H groups in total. The van der Waals surface area contributed by atoms with Gasteiger partial charge in [-0.25, -0.2) is 0 Å². The number of carbonyl (C=O) groups is 1. The Labute approximate surface area is 173 Å². The Balaban J connectivity index is 1.55. The first-order chi connectivity index (χ1) is 13.3. The number of hydrogen-bond acceptors (Lipinski definition) is 4. The summed E-state index contributed by atoms with van der Waals surface area (Å²) in [5.74, 6) is 2.67. The normalized spacial score (nSPS) is 33.3. The van der Waals surface area contributed by atoms with E-state index < -0.39 is 0 Å². The second-order valence-electron chi connectivity index (χ2n) is 9.26. The minimum Gasteiger partial charge on any atom is -0.462 e. The van der Waals surface area contributed by atoms with Crippen LogP contribution in [-0.2, 0) is 16.0 Å². The van der Waals surface area contributed by atoms with Crippen molar-refractivity contribution in [2.45, 2.75) is 64.4 Å². The van der Waals surface area contributed by atoms with Crippen molar-refractivity contribution in [2.24, 2.45) is 17.3 Å². The number of aryl methyl sites for hydroxylation is 1. The second kappa shape index (κ2) is 7.33. The van der Waals surface area contributed by atoms with Gasteiger partial charge >= 0.3 is 5.97 Å². The molecular formula is C23H31NO3S. The molecule has 0 aliphatic heterocycles. The topological polar surface area (TPSA) is 38.8 Å². The van der Waals surface area contributed by atoms with Gasteiger partial charge in [-0.15, -0.1) is 0 Å². The summed E-state index contributed by atoms with van der Waals surface area (Å²) in [6.45, 7) is 3.91. The minimum atomic E-state index is -0.133. The number of benzene rings is 1. The van der Waals surface area contributed by atoms with E-state index in [-0.39, 0.29) is 17.5 Å². The number of hydrogen-bond donors (Lipinski definition) is 0. The number of rotatable bonds is 2.